The molecule has 1 aromatic carbocycles. The Morgan fingerprint density at radius 2 is 2.04 bits per heavy atom. The average molecular weight is 333 g/mol. The zero-order chi connectivity index (χ0) is 17.5. The highest BCUT2D eigenvalue weighted by molar-refractivity contribution is 5.75. The summed E-state index contributed by atoms with van der Waals surface area (Å²) in [5, 5.41) is 3.62. The van der Waals surface area contributed by atoms with Crippen LogP contribution < -0.4 is 15.8 Å². The molecule has 0 aromatic heterocycles. The number of ether oxygens (including phenoxy) is 1. The van der Waals surface area contributed by atoms with Crippen LogP contribution in [0.3, 0.4) is 0 Å². The normalized spacial score (nSPS) is 20.7. The summed E-state index contributed by atoms with van der Waals surface area (Å²) < 4.78 is 5.25. The first-order valence-electron chi connectivity index (χ1n) is 8.48. The van der Waals surface area contributed by atoms with Crippen LogP contribution in [0.1, 0.15) is 32.3 Å². The van der Waals surface area contributed by atoms with Gasteiger partial charge in [-0.1, -0.05) is 25.5 Å². The van der Waals surface area contributed by atoms with E-state index in [-0.39, 0.29) is 12.5 Å². The summed E-state index contributed by atoms with van der Waals surface area (Å²) >= 11 is 0. The first kappa shape index (κ1) is 18.3. The Kier molecular flexibility index (Phi) is 6.61. The summed E-state index contributed by atoms with van der Waals surface area (Å²) in [6.07, 6.45) is 2.04. The average Bonchev–Trinajstić information content (AvgIpc) is 2.58. The van der Waals surface area contributed by atoms with E-state index in [0.717, 1.165) is 38.0 Å². The summed E-state index contributed by atoms with van der Waals surface area (Å²) in [7, 11) is 0. The van der Waals surface area contributed by atoms with Crippen molar-refractivity contribution in [3.8, 4) is 5.75 Å². The first-order chi connectivity index (χ1) is 11.5. The second-order valence-corrected chi connectivity index (χ2v) is 6.31. The molecule has 0 unspecified atom stereocenters. The lowest BCUT2D eigenvalue weighted by Gasteiger charge is -2.38. The number of carbonyl (C=O) groups is 2. The number of rotatable bonds is 7. The summed E-state index contributed by atoms with van der Waals surface area (Å²) in [5.41, 5.74) is 6.21. The van der Waals surface area contributed by atoms with E-state index >= 15 is 0 Å². The van der Waals surface area contributed by atoms with Gasteiger partial charge in [0.25, 0.3) is 5.91 Å². The predicted octanol–water partition coefficient (Wildman–Crippen LogP) is 1.29. The summed E-state index contributed by atoms with van der Waals surface area (Å²) in [4.78, 5) is 24.2. The number of primary amides is 1. The number of amides is 2. The topological polar surface area (TPSA) is 84.7 Å². The van der Waals surface area contributed by atoms with Crippen molar-refractivity contribution in [1.29, 1.82) is 0 Å². The van der Waals surface area contributed by atoms with Crippen molar-refractivity contribution < 1.29 is 14.3 Å². The van der Waals surface area contributed by atoms with Crippen LogP contribution >= 0.6 is 0 Å². The molecule has 0 saturated carbocycles. The lowest BCUT2D eigenvalue weighted by atomic mass is 9.89. The van der Waals surface area contributed by atoms with Crippen LogP contribution in [0, 0.1) is 5.92 Å². The maximum atomic E-state index is 11.5. The lowest BCUT2D eigenvalue weighted by molar-refractivity contribution is -0.131. The van der Waals surface area contributed by atoms with E-state index in [9.17, 15) is 9.59 Å². The molecule has 1 aromatic rings. The molecule has 6 nitrogen and oxygen atoms in total. The second-order valence-electron chi connectivity index (χ2n) is 6.31. The minimum atomic E-state index is -0.483. The fourth-order valence-corrected chi connectivity index (χ4v) is 3.11. The highest BCUT2D eigenvalue weighted by atomic mass is 16.5. The molecule has 0 aliphatic carbocycles. The van der Waals surface area contributed by atoms with Crippen LogP contribution in [-0.2, 0) is 16.1 Å². The van der Waals surface area contributed by atoms with E-state index in [2.05, 4.69) is 12.2 Å². The van der Waals surface area contributed by atoms with Gasteiger partial charge in [-0.05, 0) is 30.0 Å². The smallest absolute Gasteiger partial charge is 0.255 e. The third kappa shape index (κ3) is 5.23. The molecular formula is C18H27N3O3. The van der Waals surface area contributed by atoms with E-state index in [1.807, 2.05) is 29.2 Å². The van der Waals surface area contributed by atoms with Gasteiger partial charge in [0.15, 0.2) is 6.61 Å². The summed E-state index contributed by atoms with van der Waals surface area (Å²) in [5.74, 6) is 0.807. The minimum absolute atomic E-state index is 0.107. The van der Waals surface area contributed by atoms with E-state index in [0.29, 0.717) is 17.7 Å². The molecular weight excluding hydrogens is 306 g/mol. The third-order valence-corrected chi connectivity index (χ3v) is 4.58. The largest absolute Gasteiger partial charge is 0.484 e. The van der Waals surface area contributed by atoms with Crippen molar-refractivity contribution in [3.63, 3.8) is 0 Å². The molecule has 1 aliphatic heterocycles. The minimum Gasteiger partial charge on any atom is -0.484 e. The maximum absolute atomic E-state index is 11.5. The van der Waals surface area contributed by atoms with Gasteiger partial charge in [0.2, 0.25) is 5.91 Å². The zero-order valence-corrected chi connectivity index (χ0v) is 14.5. The van der Waals surface area contributed by atoms with Gasteiger partial charge >= 0.3 is 0 Å². The standard InChI is InChI=1S/C18H27N3O3/c1-3-15-11-21(13(2)22)9-8-17(15)20-10-14-4-6-16(7-5-14)24-12-18(19)23/h4-7,15,17,20H,3,8-12H2,1-2H3,(H2,19,23)/t15-,17-/m0/s1. The number of likely N-dealkylation sites (tertiary alicyclic amines) is 1. The second kappa shape index (κ2) is 8.68. The van der Waals surface area contributed by atoms with Crippen LogP contribution in [0.25, 0.3) is 0 Å². The van der Waals surface area contributed by atoms with Gasteiger partial charge in [0.1, 0.15) is 5.75 Å². The molecule has 0 spiro atoms. The molecule has 1 saturated heterocycles. The van der Waals surface area contributed by atoms with Crippen molar-refractivity contribution in [2.45, 2.75) is 39.3 Å². The molecule has 1 fully saturated rings. The quantitative estimate of drug-likeness (QED) is 0.787. The van der Waals surface area contributed by atoms with E-state index in [1.165, 1.54) is 0 Å². The summed E-state index contributed by atoms with van der Waals surface area (Å²) in [6, 6.07) is 8.08. The molecule has 0 radical (unpaired) electrons. The van der Waals surface area contributed by atoms with Gasteiger partial charge in [0, 0.05) is 32.6 Å². The Morgan fingerprint density at radius 1 is 1.33 bits per heavy atom. The van der Waals surface area contributed by atoms with Crippen molar-refractivity contribution in [3.05, 3.63) is 29.8 Å². The van der Waals surface area contributed by atoms with Gasteiger partial charge in [-0.3, -0.25) is 9.59 Å². The lowest BCUT2D eigenvalue weighted by Crippen LogP contribution is -2.50. The number of carbonyl (C=O) groups excluding carboxylic acids is 2. The molecule has 6 heteroatoms. The van der Waals surface area contributed by atoms with Crippen LogP contribution in [0.2, 0.25) is 0 Å². The molecule has 1 heterocycles. The summed E-state index contributed by atoms with van der Waals surface area (Å²) in [6.45, 7) is 6.14. The Bertz CT molecular complexity index is 559. The van der Waals surface area contributed by atoms with Gasteiger partial charge in [0.05, 0.1) is 0 Å². The molecule has 132 valence electrons. The number of nitrogens with zero attached hydrogens (tertiary/aromatic N) is 1. The van der Waals surface area contributed by atoms with Crippen LogP contribution in [0.5, 0.6) is 5.75 Å². The fourth-order valence-electron chi connectivity index (χ4n) is 3.11. The SMILES string of the molecule is CC[C@H]1CN(C(C)=O)CC[C@@H]1NCc1ccc(OCC(N)=O)cc1. The first-order valence-corrected chi connectivity index (χ1v) is 8.48. The number of piperidine rings is 1. The maximum Gasteiger partial charge on any atom is 0.255 e. The third-order valence-electron chi connectivity index (χ3n) is 4.58. The molecule has 24 heavy (non-hydrogen) atoms. The van der Waals surface area contributed by atoms with Gasteiger partial charge in [-0.25, -0.2) is 0 Å². The molecule has 3 N–H and O–H groups in total. The van der Waals surface area contributed by atoms with Crippen molar-refractivity contribution >= 4 is 11.8 Å². The molecule has 0 bridgehead atoms. The monoisotopic (exact) mass is 333 g/mol. The molecule has 2 rings (SSSR count). The number of nitrogens with two attached hydrogens (primary N) is 1. The van der Waals surface area contributed by atoms with Gasteiger partial charge < -0.3 is 20.7 Å². The zero-order valence-electron chi connectivity index (χ0n) is 14.5. The molecule has 2 atom stereocenters. The number of nitrogens with one attached hydrogen (secondary N) is 1. The Hall–Kier alpha value is -2.08. The van der Waals surface area contributed by atoms with Crippen LogP contribution in [0.15, 0.2) is 24.3 Å². The Labute approximate surface area is 143 Å². The van der Waals surface area contributed by atoms with Crippen LogP contribution in [-0.4, -0.2) is 42.5 Å². The fraction of sp³-hybridized carbons (Fsp3) is 0.556. The molecule has 2 amide bonds. The number of hydrogen-bond acceptors (Lipinski definition) is 4. The molecule has 1 aliphatic rings. The van der Waals surface area contributed by atoms with Gasteiger partial charge in [-0.15, -0.1) is 0 Å². The van der Waals surface area contributed by atoms with Crippen LogP contribution in [0.4, 0.5) is 0 Å². The van der Waals surface area contributed by atoms with E-state index in [4.69, 9.17) is 10.5 Å². The number of benzene rings is 1. The Morgan fingerprint density at radius 3 is 2.62 bits per heavy atom. The predicted molar refractivity (Wildman–Crippen MR) is 92.4 cm³/mol. The van der Waals surface area contributed by atoms with Gasteiger partial charge in [-0.2, -0.15) is 0 Å². The highest BCUT2D eigenvalue weighted by Crippen LogP contribution is 2.21. The number of hydrogen-bond donors (Lipinski definition) is 2. The van der Waals surface area contributed by atoms with Crippen molar-refractivity contribution in [2.24, 2.45) is 11.7 Å². The van der Waals surface area contributed by atoms with Crippen molar-refractivity contribution in [2.75, 3.05) is 19.7 Å². The van der Waals surface area contributed by atoms with Crippen molar-refractivity contribution in [1.82, 2.24) is 10.2 Å². The highest BCUT2D eigenvalue weighted by Gasteiger charge is 2.28. The van der Waals surface area contributed by atoms with E-state index < -0.39 is 5.91 Å². The Balaban J connectivity index is 1.84. The van der Waals surface area contributed by atoms with E-state index in [1.54, 1.807) is 6.92 Å².